The predicted molar refractivity (Wildman–Crippen MR) is 82.3 cm³/mol. The van der Waals surface area contributed by atoms with Gasteiger partial charge in [0.15, 0.2) is 0 Å². The van der Waals surface area contributed by atoms with Gasteiger partial charge >= 0.3 is 0 Å². The first kappa shape index (κ1) is 14.5. The number of likely N-dealkylation sites (N-methyl/N-ethyl adjacent to an activating group) is 1. The number of nitrogens with zero attached hydrogens (tertiary/aromatic N) is 1. The fourth-order valence-corrected chi connectivity index (χ4v) is 3.28. The van der Waals surface area contributed by atoms with Gasteiger partial charge in [-0.15, -0.1) is 0 Å². The standard InChI is InChI=1S/C17H28N2/c1-4-13(2)19(3)17-12-15(10-11-16(17)18)14-8-6-5-7-9-14/h5-9,13,15-17H,4,10-12,18H2,1-3H3. The molecule has 1 aromatic rings. The van der Waals surface area contributed by atoms with Gasteiger partial charge in [0.05, 0.1) is 0 Å². The Morgan fingerprint density at radius 1 is 1.26 bits per heavy atom. The molecule has 106 valence electrons. The van der Waals surface area contributed by atoms with Crippen LogP contribution in [0.1, 0.15) is 51.0 Å². The van der Waals surface area contributed by atoms with Crippen LogP contribution in [-0.2, 0) is 0 Å². The van der Waals surface area contributed by atoms with Gasteiger partial charge in [0.1, 0.15) is 0 Å². The van der Waals surface area contributed by atoms with Gasteiger partial charge in [-0.3, -0.25) is 4.90 Å². The Hall–Kier alpha value is -0.860. The van der Waals surface area contributed by atoms with E-state index >= 15 is 0 Å². The van der Waals surface area contributed by atoms with Crippen LogP contribution < -0.4 is 5.73 Å². The lowest BCUT2D eigenvalue weighted by Gasteiger charge is -2.42. The maximum absolute atomic E-state index is 6.37. The molecule has 0 amide bonds. The van der Waals surface area contributed by atoms with E-state index < -0.39 is 0 Å². The highest BCUT2D eigenvalue weighted by Gasteiger charge is 2.32. The molecule has 0 saturated heterocycles. The molecular formula is C17H28N2. The lowest BCUT2D eigenvalue weighted by Crippen LogP contribution is -2.52. The zero-order valence-corrected chi connectivity index (χ0v) is 12.5. The van der Waals surface area contributed by atoms with Gasteiger partial charge in [-0.25, -0.2) is 0 Å². The molecule has 1 aliphatic rings. The summed E-state index contributed by atoms with van der Waals surface area (Å²) < 4.78 is 0. The molecule has 0 spiro atoms. The van der Waals surface area contributed by atoms with Gasteiger partial charge in [0.25, 0.3) is 0 Å². The van der Waals surface area contributed by atoms with E-state index in [1.54, 1.807) is 0 Å². The fraction of sp³-hybridized carbons (Fsp3) is 0.647. The molecule has 2 rings (SSSR count). The third-order valence-corrected chi connectivity index (χ3v) is 4.95. The van der Waals surface area contributed by atoms with Crippen molar-refractivity contribution in [3.05, 3.63) is 35.9 Å². The first-order valence-electron chi connectivity index (χ1n) is 7.66. The first-order chi connectivity index (χ1) is 9.13. The largest absolute Gasteiger partial charge is 0.326 e. The Morgan fingerprint density at radius 2 is 1.95 bits per heavy atom. The molecule has 0 bridgehead atoms. The zero-order valence-electron chi connectivity index (χ0n) is 12.5. The van der Waals surface area contributed by atoms with Crippen LogP contribution in [0.2, 0.25) is 0 Å². The Kier molecular flexibility index (Phi) is 5.00. The highest BCUT2D eigenvalue weighted by molar-refractivity contribution is 5.21. The molecule has 4 atom stereocenters. The fourth-order valence-electron chi connectivity index (χ4n) is 3.28. The van der Waals surface area contributed by atoms with Crippen molar-refractivity contribution < 1.29 is 0 Å². The monoisotopic (exact) mass is 260 g/mol. The van der Waals surface area contributed by atoms with Crippen molar-refractivity contribution in [2.45, 2.75) is 63.6 Å². The van der Waals surface area contributed by atoms with Crippen LogP contribution in [0.5, 0.6) is 0 Å². The Bertz CT molecular complexity index is 376. The van der Waals surface area contributed by atoms with Crippen LogP contribution in [0.15, 0.2) is 30.3 Å². The van der Waals surface area contributed by atoms with Crippen molar-refractivity contribution >= 4 is 0 Å². The summed E-state index contributed by atoms with van der Waals surface area (Å²) in [5, 5.41) is 0. The molecule has 0 aliphatic heterocycles. The van der Waals surface area contributed by atoms with Gasteiger partial charge in [0.2, 0.25) is 0 Å². The molecule has 2 N–H and O–H groups in total. The number of rotatable bonds is 4. The van der Waals surface area contributed by atoms with E-state index in [9.17, 15) is 0 Å². The smallest absolute Gasteiger partial charge is 0.0252 e. The molecule has 0 heterocycles. The van der Waals surface area contributed by atoms with E-state index in [4.69, 9.17) is 5.73 Å². The maximum atomic E-state index is 6.37. The molecule has 1 aromatic carbocycles. The second kappa shape index (κ2) is 6.53. The second-order valence-electron chi connectivity index (χ2n) is 6.07. The summed E-state index contributed by atoms with van der Waals surface area (Å²) in [6.07, 6.45) is 4.77. The van der Waals surface area contributed by atoms with Crippen LogP contribution in [0.25, 0.3) is 0 Å². The molecule has 0 aromatic heterocycles. The average Bonchev–Trinajstić information content (AvgIpc) is 2.47. The van der Waals surface area contributed by atoms with Crippen molar-refractivity contribution in [3.63, 3.8) is 0 Å². The van der Waals surface area contributed by atoms with E-state index in [1.807, 2.05) is 0 Å². The summed E-state index contributed by atoms with van der Waals surface area (Å²) in [7, 11) is 2.24. The maximum Gasteiger partial charge on any atom is 0.0252 e. The predicted octanol–water partition coefficient (Wildman–Crippen LogP) is 3.38. The summed E-state index contributed by atoms with van der Waals surface area (Å²) in [4.78, 5) is 2.50. The van der Waals surface area contributed by atoms with E-state index in [-0.39, 0.29) is 0 Å². The van der Waals surface area contributed by atoms with Gasteiger partial charge in [-0.2, -0.15) is 0 Å². The second-order valence-corrected chi connectivity index (χ2v) is 6.07. The van der Waals surface area contributed by atoms with Crippen molar-refractivity contribution in [3.8, 4) is 0 Å². The summed E-state index contributed by atoms with van der Waals surface area (Å²) in [5.41, 5.74) is 7.85. The zero-order chi connectivity index (χ0) is 13.8. The molecular weight excluding hydrogens is 232 g/mol. The van der Waals surface area contributed by atoms with E-state index in [0.717, 1.165) is 6.42 Å². The van der Waals surface area contributed by atoms with Crippen molar-refractivity contribution in [2.24, 2.45) is 5.73 Å². The summed E-state index contributed by atoms with van der Waals surface area (Å²) >= 11 is 0. The van der Waals surface area contributed by atoms with Crippen LogP contribution >= 0.6 is 0 Å². The summed E-state index contributed by atoms with van der Waals surface area (Å²) in [6.45, 7) is 4.56. The van der Waals surface area contributed by atoms with Crippen molar-refractivity contribution in [2.75, 3.05) is 7.05 Å². The molecule has 1 fully saturated rings. The third kappa shape index (κ3) is 3.37. The molecule has 4 unspecified atom stereocenters. The quantitative estimate of drug-likeness (QED) is 0.899. The van der Waals surface area contributed by atoms with Gasteiger partial charge < -0.3 is 5.73 Å². The van der Waals surface area contributed by atoms with Crippen LogP contribution in [-0.4, -0.2) is 30.1 Å². The lowest BCUT2D eigenvalue weighted by atomic mass is 9.78. The van der Waals surface area contributed by atoms with Crippen LogP contribution in [0.4, 0.5) is 0 Å². The summed E-state index contributed by atoms with van der Waals surface area (Å²) in [5.74, 6) is 0.678. The molecule has 1 aliphatic carbocycles. The Morgan fingerprint density at radius 3 is 2.58 bits per heavy atom. The van der Waals surface area contributed by atoms with Gasteiger partial charge in [-0.05, 0) is 51.1 Å². The van der Waals surface area contributed by atoms with E-state index in [1.165, 1.54) is 24.8 Å². The number of nitrogens with two attached hydrogens (primary N) is 1. The highest BCUT2D eigenvalue weighted by atomic mass is 15.2. The normalized spacial score (nSPS) is 29.4. The molecule has 2 heteroatoms. The average molecular weight is 260 g/mol. The topological polar surface area (TPSA) is 29.3 Å². The highest BCUT2D eigenvalue weighted by Crippen LogP contribution is 2.34. The minimum atomic E-state index is 0.332. The molecule has 1 saturated carbocycles. The van der Waals surface area contributed by atoms with Crippen molar-refractivity contribution in [1.82, 2.24) is 4.90 Å². The Labute approximate surface area is 118 Å². The van der Waals surface area contributed by atoms with Crippen LogP contribution in [0, 0.1) is 0 Å². The lowest BCUT2D eigenvalue weighted by molar-refractivity contribution is 0.117. The Balaban J connectivity index is 2.08. The third-order valence-electron chi connectivity index (χ3n) is 4.95. The number of hydrogen-bond donors (Lipinski definition) is 1. The van der Waals surface area contributed by atoms with Gasteiger partial charge in [0, 0.05) is 18.1 Å². The molecule has 19 heavy (non-hydrogen) atoms. The number of benzene rings is 1. The van der Waals surface area contributed by atoms with E-state index in [0.29, 0.717) is 24.0 Å². The van der Waals surface area contributed by atoms with Crippen LogP contribution in [0.3, 0.4) is 0 Å². The van der Waals surface area contributed by atoms with Gasteiger partial charge in [-0.1, -0.05) is 37.3 Å². The SMILES string of the molecule is CCC(C)N(C)C1CC(c2ccccc2)CCC1N. The summed E-state index contributed by atoms with van der Waals surface area (Å²) in [6, 6.07) is 12.4. The minimum absolute atomic E-state index is 0.332. The van der Waals surface area contributed by atoms with E-state index in [2.05, 4.69) is 56.1 Å². The molecule has 0 radical (unpaired) electrons. The minimum Gasteiger partial charge on any atom is -0.326 e. The first-order valence-corrected chi connectivity index (χ1v) is 7.66. The van der Waals surface area contributed by atoms with Crippen molar-refractivity contribution in [1.29, 1.82) is 0 Å². The number of hydrogen-bond acceptors (Lipinski definition) is 2. The molecule has 2 nitrogen and oxygen atoms in total.